The van der Waals surface area contributed by atoms with Gasteiger partial charge < -0.3 is 21.3 Å². The third kappa shape index (κ3) is 5.09. The Kier molecular flexibility index (Phi) is 6.13. The number of rotatable bonds is 5. The first kappa shape index (κ1) is 21.4. The van der Waals surface area contributed by atoms with Crippen LogP contribution in [0.5, 0.6) is 0 Å². The highest BCUT2D eigenvalue weighted by Gasteiger charge is 2.29. The summed E-state index contributed by atoms with van der Waals surface area (Å²) in [6.07, 6.45) is 3.57. The van der Waals surface area contributed by atoms with E-state index in [1.54, 1.807) is 48.2 Å². The highest BCUT2D eigenvalue weighted by Crippen LogP contribution is 2.28. The molecule has 0 aromatic heterocycles. The van der Waals surface area contributed by atoms with E-state index in [1.165, 1.54) is 0 Å². The lowest BCUT2D eigenvalue weighted by Crippen LogP contribution is -2.42. The van der Waals surface area contributed by atoms with E-state index in [4.69, 9.17) is 5.73 Å². The minimum atomic E-state index is -0.536. The van der Waals surface area contributed by atoms with Gasteiger partial charge in [-0.2, -0.15) is 0 Å². The largest absolute Gasteiger partial charge is 0.397 e. The zero-order valence-corrected chi connectivity index (χ0v) is 18.0. The summed E-state index contributed by atoms with van der Waals surface area (Å²) >= 11 is 0. The Morgan fingerprint density at radius 1 is 1.12 bits per heavy atom. The zero-order chi connectivity index (χ0) is 22.7. The molecule has 1 aliphatic heterocycles. The Morgan fingerprint density at radius 2 is 1.88 bits per heavy atom. The summed E-state index contributed by atoms with van der Waals surface area (Å²) in [6.45, 7) is 2.32. The molecule has 1 saturated carbocycles. The van der Waals surface area contributed by atoms with Gasteiger partial charge in [-0.05, 0) is 68.7 Å². The van der Waals surface area contributed by atoms with E-state index in [0.717, 1.165) is 24.8 Å². The van der Waals surface area contributed by atoms with Crippen LogP contribution in [-0.2, 0) is 9.59 Å². The van der Waals surface area contributed by atoms with Gasteiger partial charge in [0.25, 0.3) is 5.91 Å². The van der Waals surface area contributed by atoms with Crippen LogP contribution in [-0.4, -0.2) is 35.2 Å². The Morgan fingerprint density at radius 3 is 2.53 bits per heavy atom. The first-order valence-electron chi connectivity index (χ1n) is 10.8. The number of carbonyl (C=O) groups excluding carboxylic acids is 3. The Labute approximate surface area is 187 Å². The van der Waals surface area contributed by atoms with Crippen molar-refractivity contribution in [2.24, 2.45) is 5.92 Å². The maximum atomic E-state index is 12.7. The molecule has 2 fully saturated rings. The van der Waals surface area contributed by atoms with Gasteiger partial charge >= 0.3 is 0 Å². The molecule has 1 atom stereocenters. The first-order valence-corrected chi connectivity index (χ1v) is 10.8. The van der Waals surface area contributed by atoms with Crippen LogP contribution >= 0.6 is 0 Å². The van der Waals surface area contributed by atoms with Gasteiger partial charge in [0.05, 0.1) is 11.4 Å². The molecular formula is C25H26N4O3. The molecule has 2 aromatic carbocycles. The number of nitrogens with one attached hydrogen (secondary N) is 2. The van der Waals surface area contributed by atoms with Crippen molar-refractivity contribution in [1.29, 1.82) is 0 Å². The third-order valence-corrected chi connectivity index (χ3v) is 5.67. The average molecular weight is 431 g/mol. The molecule has 1 aliphatic carbocycles. The SMILES string of the molecule is CC(C(=O)Nc1ccc(C(=O)Nc2cc(C#CC3CC3)ccc2N)cc1)N1CCCC1=O. The van der Waals surface area contributed by atoms with Gasteiger partial charge in [-0.15, -0.1) is 0 Å². The van der Waals surface area contributed by atoms with Crippen molar-refractivity contribution in [2.45, 2.75) is 38.6 Å². The van der Waals surface area contributed by atoms with Gasteiger partial charge in [-0.25, -0.2) is 0 Å². The number of likely N-dealkylation sites (tertiary alicyclic amines) is 1. The highest BCUT2D eigenvalue weighted by atomic mass is 16.2. The van der Waals surface area contributed by atoms with E-state index in [0.29, 0.717) is 41.5 Å². The Balaban J connectivity index is 1.38. The number of nitrogens with zero attached hydrogens (tertiary/aromatic N) is 1. The van der Waals surface area contributed by atoms with Crippen LogP contribution in [0.2, 0.25) is 0 Å². The minimum absolute atomic E-state index is 0.00142. The number of nitrogens with two attached hydrogens (primary N) is 1. The maximum Gasteiger partial charge on any atom is 0.255 e. The predicted octanol–water partition coefficient (Wildman–Crippen LogP) is 3.23. The van der Waals surface area contributed by atoms with E-state index in [2.05, 4.69) is 22.5 Å². The van der Waals surface area contributed by atoms with Gasteiger partial charge in [0.1, 0.15) is 6.04 Å². The van der Waals surface area contributed by atoms with Crippen LogP contribution < -0.4 is 16.4 Å². The second kappa shape index (κ2) is 9.15. The van der Waals surface area contributed by atoms with Crippen LogP contribution in [0, 0.1) is 17.8 Å². The molecule has 7 heteroatoms. The smallest absolute Gasteiger partial charge is 0.255 e. The molecule has 1 heterocycles. The molecule has 4 N–H and O–H groups in total. The molecule has 2 aromatic rings. The molecule has 4 rings (SSSR count). The summed E-state index contributed by atoms with van der Waals surface area (Å²) < 4.78 is 0. The molecule has 0 spiro atoms. The minimum Gasteiger partial charge on any atom is -0.397 e. The number of hydrogen-bond donors (Lipinski definition) is 3. The van der Waals surface area contributed by atoms with Crippen LogP contribution in [0.1, 0.15) is 48.5 Å². The molecule has 32 heavy (non-hydrogen) atoms. The average Bonchev–Trinajstić information content (AvgIpc) is 3.52. The molecule has 3 amide bonds. The van der Waals surface area contributed by atoms with Gasteiger partial charge in [0.15, 0.2) is 0 Å². The summed E-state index contributed by atoms with van der Waals surface area (Å²) in [5, 5.41) is 5.63. The standard InChI is InChI=1S/C25H26N4O3/c1-16(29-14-2-3-23(29)30)24(31)27-20-11-9-19(10-12-20)25(32)28-22-15-18(8-13-21(22)26)7-6-17-4-5-17/h8-13,15-17H,2-5,14,26H2,1H3,(H,27,31)(H,28,32). The van der Waals surface area contributed by atoms with Crippen molar-refractivity contribution in [3.05, 3.63) is 53.6 Å². The van der Waals surface area contributed by atoms with Crippen LogP contribution in [0.15, 0.2) is 42.5 Å². The first-order chi connectivity index (χ1) is 15.4. The van der Waals surface area contributed by atoms with Crippen molar-refractivity contribution in [1.82, 2.24) is 4.90 Å². The molecule has 0 bridgehead atoms. The second-order valence-corrected chi connectivity index (χ2v) is 8.23. The summed E-state index contributed by atoms with van der Waals surface area (Å²) in [4.78, 5) is 38.6. The van der Waals surface area contributed by atoms with Crippen LogP contribution in [0.25, 0.3) is 0 Å². The fourth-order valence-corrected chi connectivity index (χ4v) is 3.52. The fourth-order valence-electron chi connectivity index (χ4n) is 3.52. The number of hydrogen-bond acceptors (Lipinski definition) is 4. The number of anilines is 3. The predicted molar refractivity (Wildman–Crippen MR) is 124 cm³/mol. The van der Waals surface area contributed by atoms with E-state index >= 15 is 0 Å². The number of amides is 3. The summed E-state index contributed by atoms with van der Waals surface area (Å²) in [5.74, 6) is 6.25. The molecular weight excluding hydrogens is 404 g/mol. The molecule has 1 unspecified atom stereocenters. The van der Waals surface area contributed by atoms with Crippen LogP contribution in [0.4, 0.5) is 17.1 Å². The van der Waals surface area contributed by atoms with Crippen LogP contribution in [0.3, 0.4) is 0 Å². The monoisotopic (exact) mass is 430 g/mol. The van der Waals surface area contributed by atoms with Crippen molar-refractivity contribution in [3.8, 4) is 11.8 Å². The van der Waals surface area contributed by atoms with Crippen molar-refractivity contribution in [2.75, 3.05) is 22.9 Å². The lowest BCUT2D eigenvalue weighted by atomic mass is 10.1. The zero-order valence-electron chi connectivity index (χ0n) is 18.0. The topological polar surface area (TPSA) is 105 Å². The molecule has 7 nitrogen and oxygen atoms in total. The van der Waals surface area contributed by atoms with Crippen molar-refractivity contribution in [3.63, 3.8) is 0 Å². The normalized spacial score (nSPS) is 16.2. The summed E-state index contributed by atoms with van der Waals surface area (Å²) in [5.41, 5.74) is 8.79. The maximum absolute atomic E-state index is 12.7. The summed E-state index contributed by atoms with van der Waals surface area (Å²) in [6, 6.07) is 11.4. The van der Waals surface area contributed by atoms with Crippen molar-refractivity contribution >= 4 is 34.8 Å². The lowest BCUT2D eigenvalue weighted by molar-refractivity contribution is -0.134. The van der Waals surface area contributed by atoms with E-state index in [9.17, 15) is 14.4 Å². The Hall–Kier alpha value is -3.79. The van der Waals surface area contributed by atoms with Gasteiger partial charge in [-0.3, -0.25) is 14.4 Å². The number of carbonyl (C=O) groups is 3. The third-order valence-electron chi connectivity index (χ3n) is 5.67. The second-order valence-electron chi connectivity index (χ2n) is 8.23. The quantitative estimate of drug-likeness (QED) is 0.500. The van der Waals surface area contributed by atoms with Crippen molar-refractivity contribution < 1.29 is 14.4 Å². The van der Waals surface area contributed by atoms with Gasteiger partial charge in [0.2, 0.25) is 11.8 Å². The molecule has 1 saturated heterocycles. The highest BCUT2D eigenvalue weighted by molar-refractivity contribution is 6.06. The Bertz CT molecular complexity index is 1110. The molecule has 164 valence electrons. The van der Waals surface area contributed by atoms with Gasteiger partial charge in [-0.1, -0.05) is 11.8 Å². The van der Waals surface area contributed by atoms with E-state index in [1.807, 2.05) is 6.07 Å². The fraction of sp³-hybridized carbons (Fsp3) is 0.320. The van der Waals surface area contributed by atoms with E-state index < -0.39 is 6.04 Å². The summed E-state index contributed by atoms with van der Waals surface area (Å²) in [7, 11) is 0. The molecule has 0 radical (unpaired) electrons. The lowest BCUT2D eigenvalue weighted by Gasteiger charge is -2.23. The van der Waals surface area contributed by atoms with E-state index in [-0.39, 0.29) is 17.7 Å². The number of nitrogen functional groups attached to an aromatic ring is 1. The number of benzene rings is 2. The van der Waals surface area contributed by atoms with Gasteiger partial charge in [0, 0.05) is 35.7 Å². The molecule has 2 aliphatic rings.